The van der Waals surface area contributed by atoms with Crippen molar-refractivity contribution >= 4 is 17.5 Å². The van der Waals surface area contributed by atoms with E-state index < -0.39 is 11.7 Å². The Morgan fingerprint density at radius 2 is 1.91 bits per heavy atom. The summed E-state index contributed by atoms with van der Waals surface area (Å²) >= 11 is 0. The van der Waals surface area contributed by atoms with Gasteiger partial charge in [0.15, 0.2) is 0 Å². The number of hydrogen-bond acceptors (Lipinski definition) is 4. The maximum atomic E-state index is 11.7. The van der Waals surface area contributed by atoms with E-state index >= 15 is 0 Å². The molecule has 3 N–H and O–H groups in total. The lowest BCUT2D eigenvalue weighted by Gasteiger charge is -2.19. The number of rotatable bonds is 1. The highest BCUT2D eigenvalue weighted by Gasteiger charge is 2.16. The van der Waals surface area contributed by atoms with Crippen molar-refractivity contribution in [3.8, 4) is 11.8 Å². The Hall–Kier alpha value is -3.00. The van der Waals surface area contributed by atoms with Crippen molar-refractivity contribution < 1.29 is 9.53 Å². The molecule has 0 fully saturated rings. The minimum atomic E-state index is -0.553. The van der Waals surface area contributed by atoms with E-state index in [1.54, 1.807) is 45.2 Å². The fourth-order valence-corrected chi connectivity index (χ4v) is 1.76. The third-order valence-corrected chi connectivity index (χ3v) is 2.62. The first-order valence-corrected chi connectivity index (χ1v) is 7.14. The van der Waals surface area contributed by atoms with Gasteiger partial charge in [0.1, 0.15) is 5.60 Å². The lowest BCUT2D eigenvalue weighted by Crippen LogP contribution is -2.27. The van der Waals surface area contributed by atoms with E-state index in [-0.39, 0.29) is 0 Å². The van der Waals surface area contributed by atoms with Crippen LogP contribution in [-0.4, -0.2) is 16.7 Å². The standard InChI is InChI=1S/C18H19N3O2/c1-18(2,3)23-17(22)21-16-10-14(11-20-12-16)8-7-13-5-4-6-15(19)9-13/h4-6,9-12H,19H2,1-3H3,(H,21,22). The van der Waals surface area contributed by atoms with E-state index in [2.05, 4.69) is 22.1 Å². The van der Waals surface area contributed by atoms with E-state index in [9.17, 15) is 4.79 Å². The van der Waals surface area contributed by atoms with E-state index in [1.807, 2.05) is 12.1 Å². The maximum Gasteiger partial charge on any atom is 0.412 e. The van der Waals surface area contributed by atoms with Gasteiger partial charge in [-0.2, -0.15) is 0 Å². The van der Waals surface area contributed by atoms with Crippen LogP contribution in [0.25, 0.3) is 0 Å². The molecule has 0 saturated heterocycles. The topological polar surface area (TPSA) is 77.2 Å². The Kier molecular flexibility index (Phi) is 4.87. The molecule has 23 heavy (non-hydrogen) atoms. The quantitative estimate of drug-likeness (QED) is 0.625. The smallest absolute Gasteiger partial charge is 0.412 e. The summed E-state index contributed by atoms with van der Waals surface area (Å²) in [5, 5.41) is 2.63. The molecule has 1 aromatic heterocycles. The number of hydrogen-bond donors (Lipinski definition) is 2. The molecule has 1 amide bonds. The number of carbonyl (C=O) groups is 1. The zero-order chi connectivity index (χ0) is 16.9. The molecule has 1 aromatic carbocycles. The molecule has 0 unspecified atom stereocenters. The highest BCUT2D eigenvalue weighted by atomic mass is 16.6. The van der Waals surface area contributed by atoms with Gasteiger partial charge in [0.25, 0.3) is 0 Å². The Bertz CT molecular complexity index is 768. The molecule has 0 bridgehead atoms. The number of amides is 1. The van der Waals surface area contributed by atoms with Gasteiger partial charge in [-0.15, -0.1) is 0 Å². The largest absolute Gasteiger partial charge is 0.444 e. The van der Waals surface area contributed by atoms with E-state index in [4.69, 9.17) is 10.5 Å². The van der Waals surface area contributed by atoms with Gasteiger partial charge in [0.05, 0.1) is 11.9 Å². The second-order valence-electron chi connectivity index (χ2n) is 5.96. The SMILES string of the molecule is CC(C)(C)OC(=O)Nc1cncc(C#Cc2cccc(N)c2)c1. The molecule has 2 rings (SSSR count). The van der Waals surface area contributed by atoms with E-state index in [0.29, 0.717) is 16.9 Å². The molecular weight excluding hydrogens is 290 g/mol. The number of benzene rings is 1. The van der Waals surface area contributed by atoms with Crippen LogP contribution in [0.15, 0.2) is 42.7 Å². The van der Waals surface area contributed by atoms with Crippen molar-refractivity contribution in [1.82, 2.24) is 4.98 Å². The summed E-state index contributed by atoms with van der Waals surface area (Å²) in [4.78, 5) is 15.8. The Morgan fingerprint density at radius 1 is 1.17 bits per heavy atom. The Balaban J connectivity index is 2.10. The number of ether oxygens (including phenoxy) is 1. The van der Waals surface area contributed by atoms with Crippen LogP contribution >= 0.6 is 0 Å². The highest BCUT2D eigenvalue weighted by Crippen LogP contribution is 2.12. The van der Waals surface area contributed by atoms with E-state index in [1.165, 1.54) is 6.20 Å². The van der Waals surface area contributed by atoms with Crippen molar-refractivity contribution in [1.29, 1.82) is 0 Å². The number of aromatic nitrogens is 1. The van der Waals surface area contributed by atoms with Crippen molar-refractivity contribution in [2.75, 3.05) is 11.1 Å². The summed E-state index contributed by atoms with van der Waals surface area (Å²) in [5.41, 5.74) is 7.85. The van der Waals surface area contributed by atoms with Gasteiger partial charge in [-0.05, 0) is 45.0 Å². The molecule has 2 aromatic rings. The van der Waals surface area contributed by atoms with Gasteiger partial charge >= 0.3 is 6.09 Å². The van der Waals surface area contributed by atoms with Crippen molar-refractivity contribution in [3.63, 3.8) is 0 Å². The van der Waals surface area contributed by atoms with Gasteiger partial charge in [0.2, 0.25) is 0 Å². The van der Waals surface area contributed by atoms with Gasteiger partial charge < -0.3 is 10.5 Å². The molecule has 0 radical (unpaired) electrons. The minimum Gasteiger partial charge on any atom is -0.444 e. The van der Waals surface area contributed by atoms with Crippen LogP contribution in [0, 0.1) is 11.8 Å². The van der Waals surface area contributed by atoms with Gasteiger partial charge in [-0.25, -0.2) is 4.79 Å². The second kappa shape index (κ2) is 6.84. The zero-order valence-corrected chi connectivity index (χ0v) is 13.4. The maximum absolute atomic E-state index is 11.7. The molecule has 5 heteroatoms. The van der Waals surface area contributed by atoms with Crippen molar-refractivity contribution in [3.05, 3.63) is 53.9 Å². The van der Waals surface area contributed by atoms with Gasteiger partial charge in [-0.3, -0.25) is 10.3 Å². The molecule has 0 atom stereocenters. The first-order valence-electron chi connectivity index (χ1n) is 7.14. The summed E-state index contributed by atoms with van der Waals surface area (Å²) in [6, 6.07) is 9.05. The molecule has 1 heterocycles. The molecular formula is C18H19N3O2. The summed E-state index contributed by atoms with van der Waals surface area (Å²) < 4.78 is 5.20. The summed E-state index contributed by atoms with van der Waals surface area (Å²) in [7, 11) is 0. The van der Waals surface area contributed by atoms with Gasteiger partial charge in [-0.1, -0.05) is 17.9 Å². The predicted molar refractivity (Wildman–Crippen MR) is 90.9 cm³/mol. The average molecular weight is 309 g/mol. The zero-order valence-electron chi connectivity index (χ0n) is 13.4. The molecule has 0 aliphatic rings. The fourth-order valence-electron chi connectivity index (χ4n) is 1.76. The molecule has 0 aliphatic carbocycles. The molecule has 0 spiro atoms. The van der Waals surface area contributed by atoms with Gasteiger partial charge in [0, 0.05) is 23.0 Å². The predicted octanol–water partition coefficient (Wildman–Crippen LogP) is 3.41. The third kappa shape index (κ3) is 5.71. The molecule has 0 aliphatic heterocycles. The summed E-state index contributed by atoms with van der Waals surface area (Å²) in [5.74, 6) is 6.00. The summed E-state index contributed by atoms with van der Waals surface area (Å²) in [6.07, 6.45) is 2.63. The third-order valence-electron chi connectivity index (χ3n) is 2.62. The van der Waals surface area contributed by atoms with Crippen LogP contribution in [-0.2, 0) is 4.74 Å². The second-order valence-corrected chi connectivity index (χ2v) is 5.96. The lowest BCUT2D eigenvalue weighted by atomic mass is 10.2. The first-order chi connectivity index (χ1) is 10.8. The molecule has 5 nitrogen and oxygen atoms in total. The Morgan fingerprint density at radius 3 is 2.61 bits per heavy atom. The average Bonchev–Trinajstić information content (AvgIpc) is 2.43. The monoisotopic (exact) mass is 309 g/mol. The van der Waals surface area contributed by atoms with Crippen LogP contribution in [0.2, 0.25) is 0 Å². The molecule has 0 saturated carbocycles. The number of nitrogen functional groups attached to an aromatic ring is 1. The van der Waals surface area contributed by atoms with E-state index in [0.717, 1.165) is 5.56 Å². The van der Waals surface area contributed by atoms with Crippen molar-refractivity contribution in [2.24, 2.45) is 0 Å². The normalized spacial score (nSPS) is 10.4. The number of nitrogens with two attached hydrogens (primary N) is 1. The lowest BCUT2D eigenvalue weighted by molar-refractivity contribution is 0.0636. The fraction of sp³-hybridized carbons (Fsp3) is 0.222. The van der Waals surface area contributed by atoms with Crippen LogP contribution in [0.4, 0.5) is 16.2 Å². The highest BCUT2D eigenvalue weighted by molar-refractivity contribution is 5.84. The van der Waals surface area contributed by atoms with Crippen LogP contribution in [0.3, 0.4) is 0 Å². The number of nitrogens with zero attached hydrogens (tertiary/aromatic N) is 1. The number of pyridine rings is 1. The van der Waals surface area contributed by atoms with Crippen molar-refractivity contribution in [2.45, 2.75) is 26.4 Å². The number of anilines is 2. The Labute approximate surface area is 135 Å². The number of carbonyl (C=O) groups excluding carboxylic acids is 1. The van der Waals surface area contributed by atoms with Crippen LogP contribution < -0.4 is 11.1 Å². The number of nitrogens with one attached hydrogen (secondary N) is 1. The minimum absolute atomic E-state index is 0.527. The molecule has 118 valence electrons. The van der Waals surface area contributed by atoms with Crippen LogP contribution in [0.1, 0.15) is 31.9 Å². The first kappa shape index (κ1) is 16.4. The summed E-state index contributed by atoms with van der Waals surface area (Å²) in [6.45, 7) is 5.41. The van der Waals surface area contributed by atoms with Crippen LogP contribution in [0.5, 0.6) is 0 Å².